The van der Waals surface area contributed by atoms with E-state index in [2.05, 4.69) is 0 Å². The molecule has 0 radical (unpaired) electrons. The zero-order valence-electron chi connectivity index (χ0n) is 18.3. The number of piperidine rings is 1. The molecule has 5 N–H and O–H groups in total. The van der Waals surface area contributed by atoms with Crippen LogP contribution in [0, 0.1) is 18.2 Å². The molecule has 0 bridgehead atoms. The molecule has 1 saturated carbocycles. The predicted octanol–water partition coefficient (Wildman–Crippen LogP) is 3.65. The number of amidine groups is 1. The quantitative estimate of drug-likeness (QED) is 0.637. The van der Waals surface area contributed by atoms with Crippen molar-refractivity contribution in [1.82, 2.24) is 4.90 Å². The largest absolute Gasteiger partial charge is 0.402 e. The van der Waals surface area contributed by atoms with Gasteiger partial charge in [0.15, 0.2) is 0 Å². The van der Waals surface area contributed by atoms with Crippen LogP contribution in [0.4, 0.5) is 4.39 Å². The number of amides is 1. The Hall–Kier alpha value is -3.32. The molecule has 0 spiro atoms. The van der Waals surface area contributed by atoms with Crippen LogP contribution in [0.2, 0.25) is 0 Å². The van der Waals surface area contributed by atoms with Gasteiger partial charge in [-0.15, -0.1) is 0 Å². The van der Waals surface area contributed by atoms with Gasteiger partial charge in [0.2, 0.25) is 5.91 Å². The number of likely N-dealkylation sites (tertiary alicyclic amines) is 1. The molecule has 7 heteroatoms. The van der Waals surface area contributed by atoms with Crippen molar-refractivity contribution in [3.63, 3.8) is 0 Å². The van der Waals surface area contributed by atoms with Crippen molar-refractivity contribution in [2.45, 2.75) is 51.1 Å². The molecule has 1 saturated heterocycles. The van der Waals surface area contributed by atoms with Crippen LogP contribution in [0.5, 0.6) is 0 Å². The van der Waals surface area contributed by atoms with Gasteiger partial charge < -0.3 is 11.5 Å². The summed E-state index contributed by atoms with van der Waals surface area (Å²) >= 11 is 0. The van der Waals surface area contributed by atoms with Crippen molar-refractivity contribution < 1.29 is 14.0 Å². The van der Waals surface area contributed by atoms with Gasteiger partial charge in [0.25, 0.3) is 0 Å². The number of halogens is 1. The summed E-state index contributed by atoms with van der Waals surface area (Å²) in [6, 6.07) is 12.6. The first-order valence-electron chi connectivity index (χ1n) is 10.7. The maximum absolute atomic E-state index is 13.2. The van der Waals surface area contributed by atoms with Gasteiger partial charge in [-0.2, -0.15) is 0 Å². The highest BCUT2D eigenvalue weighted by Gasteiger charge is 2.46. The molecule has 2 fully saturated rings. The van der Waals surface area contributed by atoms with Gasteiger partial charge in [-0.05, 0) is 56.9 Å². The van der Waals surface area contributed by atoms with Gasteiger partial charge in [-0.3, -0.25) is 19.9 Å². The fraction of sp³-hybridized carbons (Fsp3) is 0.320. The van der Waals surface area contributed by atoms with E-state index in [0.717, 1.165) is 36.7 Å². The van der Waals surface area contributed by atoms with E-state index in [-0.39, 0.29) is 23.6 Å². The number of aldehydes is 1. The number of nitrogens with two attached hydrogens (primary N) is 2. The van der Waals surface area contributed by atoms with E-state index in [0.29, 0.717) is 16.8 Å². The first kappa shape index (κ1) is 23.3. The Kier molecular flexibility index (Phi) is 7.20. The SMILES string of the molecule is C/C(N)=C1/C(=N)N(C2CCC2)C(=O)[C@@H](N)C1c1ccc(F)cc1.Cc1cccc(C=O)c1. The van der Waals surface area contributed by atoms with Crippen molar-refractivity contribution in [1.29, 1.82) is 5.41 Å². The smallest absolute Gasteiger partial charge is 0.246 e. The lowest BCUT2D eigenvalue weighted by atomic mass is 9.77. The lowest BCUT2D eigenvalue weighted by Crippen LogP contribution is -2.60. The number of aryl methyl sites for hydroxylation is 1. The third-order valence-corrected chi connectivity index (χ3v) is 5.96. The molecule has 168 valence electrons. The lowest BCUT2D eigenvalue weighted by Gasteiger charge is -2.45. The second-order valence-electron chi connectivity index (χ2n) is 8.33. The molecular formula is C25H29FN4O2. The van der Waals surface area contributed by atoms with Crippen LogP contribution in [0.15, 0.2) is 59.8 Å². The molecule has 1 heterocycles. The number of allylic oxidation sites excluding steroid dienone is 1. The molecule has 4 rings (SSSR count). The van der Waals surface area contributed by atoms with E-state index in [4.69, 9.17) is 16.9 Å². The first-order valence-corrected chi connectivity index (χ1v) is 10.7. The van der Waals surface area contributed by atoms with E-state index in [1.54, 1.807) is 25.1 Å². The molecule has 2 aromatic rings. The molecule has 0 aromatic heterocycles. The van der Waals surface area contributed by atoms with Crippen molar-refractivity contribution in [3.8, 4) is 0 Å². The Bertz CT molecular complexity index is 1040. The first-order chi connectivity index (χ1) is 15.2. The fourth-order valence-electron chi connectivity index (χ4n) is 4.10. The van der Waals surface area contributed by atoms with Crippen LogP contribution in [-0.2, 0) is 4.79 Å². The zero-order valence-corrected chi connectivity index (χ0v) is 18.3. The van der Waals surface area contributed by atoms with Crippen LogP contribution >= 0.6 is 0 Å². The van der Waals surface area contributed by atoms with Crippen molar-refractivity contribution in [3.05, 3.63) is 82.3 Å². The number of hydrogen-bond donors (Lipinski definition) is 3. The van der Waals surface area contributed by atoms with E-state index in [1.807, 2.05) is 25.1 Å². The minimum Gasteiger partial charge on any atom is -0.402 e. The highest BCUT2D eigenvalue weighted by atomic mass is 19.1. The Labute approximate surface area is 187 Å². The van der Waals surface area contributed by atoms with Crippen LogP contribution in [-0.4, -0.2) is 35.0 Å². The van der Waals surface area contributed by atoms with Crippen molar-refractivity contribution in [2.75, 3.05) is 0 Å². The Balaban J connectivity index is 0.000000269. The van der Waals surface area contributed by atoms with Crippen molar-refractivity contribution >= 4 is 18.0 Å². The lowest BCUT2D eigenvalue weighted by molar-refractivity contribution is -0.132. The summed E-state index contributed by atoms with van der Waals surface area (Å²) in [5.41, 5.74) is 15.8. The number of hydrogen-bond acceptors (Lipinski definition) is 5. The minimum atomic E-state index is -0.816. The Morgan fingerprint density at radius 1 is 1.19 bits per heavy atom. The van der Waals surface area contributed by atoms with Gasteiger partial charge in [-0.1, -0.05) is 35.9 Å². The second kappa shape index (κ2) is 9.87. The highest BCUT2D eigenvalue weighted by Crippen LogP contribution is 2.38. The molecule has 1 aliphatic heterocycles. The number of benzene rings is 2. The number of rotatable bonds is 3. The summed E-state index contributed by atoms with van der Waals surface area (Å²) in [5, 5.41) is 8.48. The number of carbonyl (C=O) groups excluding carboxylic acids is 2. The van der Waals surface area contributed by atoms with Crippen LogP contribution in [0.3, 0.4) is 0 Å². The van der Waals surface area contributed by atoms with Gasteiger partial charge in [0, 0.05) is 28.8 Å². The summed E-state index contributed by atoms with van der Waals surface area (Å²) in [5.74, 6) is -0.989. The summed E-state index contributed by atoms with van der Waals surface area (Å²) < 4.78 is 13.2. The average molecular weight is 437 g/mol. The second-order valence-corrected chi connectivity index (χ2v) is 8.33. The fourth-order valence-corrected chi connectivity index (χ4v) is 4.10. The van der Waals surface area contributed by atoms with E-state index in [9.17, 15) is 14.0 Å². The summed E-state index contributed by atoms with van der Waals surface area (Å²) in [6.45, 7) is 3.68. The zero-order chi connectivity index (χ0) is 23.4. The average Bonchev–Trinajstić information content (AvgIpc) is 2.73. The molecule has 2 aliphatic rings. The topological polar surface area (TPSA) is 113 Å². The molecular weight excluding hydrogens is 407 g/mol. The number of nitrogens with zero attached hydrogens (tertiary/aromatic N) is 1. The van der Waals surface area contributed by atoms with Gasteiger partial charge >= 0.3 is 0 Å². The molecule has 1 aliphatic carbocycles. The third kappa shape index (κ3) is 4.78. The van der Waals surface area contributed by atoms with Gasteiger partial charge in [0.05, 0.1) is 6.04 Å². The maximum Gasteiger partial charge on any atom is 0.246 e. The molecule has 1 amide bonds. The number of nitrogens with one attached hydrogen (secondary N) is 1. The molecule has 1 unspecified atom stereocenters. The molecule has 6 nitrogen and oxygen atoms in total. The summed E-state index contributed by atoms with van der Waals surface area (Å²) in [6.07, 6.45) is 3.68. The third-order valence-electron chi connectivity index (χ3n) is 5.96. The van der Waals surface area contributed by atoms with Crippen LogP contribution < -0.4 is 11.5 Å². The Morgan fingerprint density at radius 2 is 1.84 bits per heavy atom. The minimum absolute atomic E-state index is 0.0459. The van der Waals surface area contributed by atoms with E-state index in [1.165, 1.54) is 17.0 Å². The Morgan fingerprint density at radius 3 is 2.31 bits per heavy atom. The highest BCUT2D eigenvalue weighted by molar-refractivity contribution is 6.12. The normalized spacial score (nSPS) is 22.6. The number of carbonyl (C=O) groups is 2. The van der Waals surface area contributed by atoms with E-state index >= 15 is 0 Å². The molecule has 2 atom stereocenters. The van der Waals surface area contributed by atoms with Gasteiger partial charge in [-0.25, -0.2) is 4.39 Å². The van der Waals surface area contributed by atoms with Crippen molar-refractivity contribution in [2.24, 2.45) is 11.5 Å². The van der Waals surface area contributed by atoms with Crippen LogP contribution in [0.1, 0.15) is 53.6 Å². The summed E-state index contributed by atoms with van der Waals surface area (Å²) in [7, 11) is 0. The van der Waals surface area contributed by atoms with Gasteiger partial charge in [0.1, 0.15) is 17.9 Å². The molecule has 2 aromatic carbocycles. The molecule has 32 heavy (non-hydrogen) atoms. The maximum atomic E-state index is 13.2. The predicted molar refractivity (Wildman–Crippen MR) is 123 cm³/mol. The van der Waals surface area contributed by atoms with Crippen LogP contribution in [0.25, 0.3) is 0 Å². The summed E-state index contributed by atoms with van der Waals surface area (Å²) in [4.78, 5) is 24.4. The van der Waals surface area contributed by atoms with E-state index < -0.39 is 12.0 Å². The standard InChI is InChI=1S/C17H21FN4O.C8H8O/c1-9(19)13-14(10-5-7-11(18)8-6-10)15(20)17(23)22(16(13)21)12-3-2-4-12;1-7-3-2-4-8(5-7)6-9/h5-8,12,14-15,21H,2-4,19-20H2,1H3;2-6H,1H3/b13-9-,21-16?;/t14?,15-;/m0./s1. The monoisotopic (exact) mass is 436 g/mol.